The molecule has 0 aromatic carbocycles. The fraction of sp³-hybridized carbons (Fsp3) is 0.200. The molecule has 0 atom stereocenters. The second-order valence-corrected chi connectivity index (χ2v) is 3.45. The summed E-state index contributed by atoms with van der Waals surface area (Å²) in [7, 11) is 0. The van der Waals surface area contributed by atoms with Gasteiger partial charge in [0.2, 0.25) is 0 Å². The van der Waals surface area contributed by atoms with Crippen LogP contribution in [0.5, 0.6) is 0 Å². The highest BCUT2D eigenvalue weighted by molar-refractivity contribution is 9.10. The minimum absolute atomic E-state index is 0.201. The van der Waals surface area contributed by atoms with Gasteiger partial charge in [-0.15, -0.1) is 11.6 Å². The highest BCUT2D eigenvalue weighted by Crippen LogP contribution is 2.26. The molecule has 0 saturated heterocycles. The molecule has 0 fully saturated rings. The summed E-state index contributed by atoms with van der Waals surface area (Å²) in [5, 5.41) is 0.557. The predicted molar refractivity (Wildman–Crippen MR) is 49.3 cm³/mol. The molecule has 0 aliphatic heterocycles. The van der Waals surface area contributed by atoms with E-state index in [1.54, 1.807) is 0 Å². The van der Waals surface area contributed by atoms with E-state index in [0.29, 0.717) is 10.3 Å². The molecule has 0 N–H and O–H groups in total. The third kappa shape index (κ3) is 2.18. The molecule has 0 radical (unpaired) electrons. The SMILES string of the molecule is ClCc1nc(Cl)c(Br)c(Cl)n1. The van der Waals surface area contributed by atoms with Crippen molar-refractivity contribution in [3.05, 3.63) is 20.6 Å². The van der Waals surface area contributed by atoms with E-state index in [2.05, 4.69) is 25.9 Å². The minimum atomic E-state index is 0.201. The fourth-order valence-electron chi connectivity index (χ4n) is 0.495. The summed E-state index contributed by atoms with van der Waals surface area (Å²) in [4.78, 5) is 7.69. The molecule has 6 heteroatoms. The summed E-state index contributed by atoms with van der Waals surface area (Å²) in [5.41, 5.74) is 0. The van der Waals surface area contributed by atoms with Crippen LogP contribution in [0.3, 0.4) is 0 Å². The highest BCUT2D eigenvalue weighted by Gasteiger charge is 2.07. The molecule has 1 aromatic rings. The van der Waals surface area contributed by atoms with Crippen molar-refractivity contribution >= 4 is 50.7 Å². The molecule has 0 aliphatic rings. The van der Waals surface area contributed by atoms with Crippen LogP contribution in [0.1, 0.15) is 5.82 Å². The lowest BCUT2D eigenvalue weighted by molar-refractivity contribution is 1.02. The Kier molecular flexibility index (Phi) is 3.37. The molecule has 0 unspecified atom stereocenters. The number of hydrogen-bond acceptors (Lipinski definition) is 2. The molecule has 1 aromatic heterocycles. The Hall–Kier alpha value is 0.430. The molecule has 60 valence electrons. The van der Waals surface area contributed by atoms with Crippen molar-refractivity contribution in [2.75, 3.05) is 0 Å². The second-order valence-electron chi connectivity index (χ2n) is 1.67. The van der Waals surface area contributed by atoms with E-state index in [1.165, 1.54) is 0 Å². The maximum atomic E-state index is 5.66. The van der Waals surface area contributed by atoms with E-state index >= 15 is 0 Å². The molecule has 0 bridgehead atoms. The molecular formula is C5H2BrCl3N2. The Morgan fingerprint density at radius 3 is 2.00 bits per heavy atom. The third-order valence-corrected chi connectivity index (χ3v) is 2.93. The normalized spacial score (nSPS) is 10.2. The quantitative estimate of drug-likeness (QED) is 0.581. The summed E-state index contributed by atoms with van der Waals surface area (Å²) in [6.07, 6.45) is 0. The molecule has 1 rings (SSSR count). The van der Waals surface area contributed by atoms with Gasteiger partial charge in [0.05, 0.1) is 10.4 Å². The number of hydrogen-bond donors (Lipinski definition) is 0. The smallest absolute Gasteiger partial charge is 0.148 e. The standard InChI is InChI=1S/C5H2BrCl3N2/c6-3-4(8)10-2(1-7)11-5(3)9/h1H2. The number of halogens is 4. The second kappa shape index (κ2) is 3.90. The van der Waals surface area contributed by atoms with Crippen LogP contribution in [0, 0.1) is 0 Å². The van der Waals surface area contributed by atoms with Crippen molar-refractivity contribution in [2.24, 2.45) is 0 Å². The first kappa shape index (κ1) is 9.52. The molecule has 1 heterocycles. The van der Waals surface area contributed by atoms with Crippen molar-refractivity contribution in [3.63, 3.8) is 0 Å². The largest absolute Gasteiger partial charge is 0.219 e. The van der Waals surface area contributed by atoms with Gasteiger partial charge in [-0.05, 0) is 15.9 Å². The van der Waals surface area contributed by atoms with Gasteiger partial charge < -0.3 is 0 Å². The van der Waals surface area contributed by atoms with Crippen molar-refractivity contribution in [1.82, 2.24) is 9.97 Å². The molecule has 0 amide bonds. The van der Waals surface area contributed by atoms with Gasteiger partial charge in [-0.1, -0.05) is 23.2 Å². The van der Waals surface area contributed by atoms with Crippen LogP contribution in [-0.4, -0.2) is 9.97 Å². The number of nitrogens with zero attached hydrogens (tertiary/aromatic N) is 2. The molecule has 0 spiro atoms. The Bertz CT molecular complexity index is 255. The lowest BCUT2D eigenvalue weighted by atomic mass is 10.6. The zero-order chi connectivity index (χ0) is 8.43. The minimum Gasteiger partial charge on any atom is -0.219 e. The first-order chi connectivity index (χ1) is 5.15. The van der Waals surface area contributed by atoms with E-state index in [0.717, 1.165) is 0 Å². The zero-order valence-electron chi connectivity index (χ0n) is 5.11. The summed E-state index contributed by atoms with van der Waals surface area (Å²) in [5.74, 6) is 0.622. The third-order valence-electron chi connectivity index (χ3n) is 0.936. The Morgan fingerprint density at radius 2 is 1.64 bits per heavy atom. The van der Waals surface area contributed by atoms with E-state index in [-0.39, 0.29) is 16.2 Å². The number of rotatable bonds is 1. The molecular weight excluding hydrogens is 274 g/mol. The van der Waals surface area contributed by atoms with Crippen LogP contribution < -0.4 is 0 Å². The van der Waals surface area contributed by atoms with Crippen molar-refractivity contribution in [3.8, 4) is 0 Å². The van der Waals surface area contributed by atoms with Gasteiger partial charge >= 0.3 is 0 Å². The Morgan fingerprint density at radius 1 is 1.18 bits per heavy atom. The zero-order valence-corrected chi connectivity index (χ0v) is 8.97. The fourth-order valence-corrected chi connectivity index (χ4v) is 1.21. The topological polar surface area (TPSA) is 25.8 Å². The summed E-state index contributed by atoms with van der Waals surface area (Å²) < 4.78 is 0.495. The van der Waals surface area contributed by atoms with Crippen LogP contribution in [0.25, 0.3) is 0 Å². The maximum Gasteiger partial charge on any atom is 0.148 e. The lowest BCUT2D eigenvalue weighted by Gasteiger charge is -1.99. The monoisotopic (exact) mass is 274 g/mol. The van der Waals surface area contributed by atoms with Crippen molar-refractivity contribution in [1.29, 1.82) is 0 Å². The number of alkyl halides is 1. The Labute approximate surface area is 87.0 Å². The van der Waals surface area contributed by atoms with E-state index in [9.17, 15) is 0 Å². The van der Waals surface area contributed by atoms with Crippen molar-refractivity contribution < 1.29 is 0 Å². The number of aromatic nitrogens is 2. The lowest BCUT2D eigenvalue weighted by Crippen LogP contribution is -1.93. The van der Waals surface area contributed by atoms with Gasteiger partial charge in [0.25, 0.3) is 0 Å². The van der Waals surface area contributed by atoms with Gasteiger partial charge in [0.15, 0.2) is 0 Å². The van der Waals surface area contributed by atoms with Crippen molar-refractivity contribution in [2.45, 2.75) is 5.88 Å². The van der Waals surface area contributed by atoms with Gasteiger partial charge in [0.1, 0.15) is 16.1 Å². The maximum absolute atomic E-state index is 5.66. The average molecular weight is 276 g/mol. The molecule has 0 saturated carbocycles. The van der Waals surface area contributed by atoms with Crippen LogP contribution in [-0.2, 0) is 5.88 Å². The van der Waals surface area contributed by atoms with E-state index in [1.807, 2.05) is 0 Å². The molecule has 0 aliphatic carbocycles. The van der Waals surface area contributed by atoms with E-state index < -0.39 is 0 Å². The summed E-state index contributed by atoms with van der Waals surface area (Å²) >= 11 is 19.9. The molecule has 11 heavy (non-hydrogen) atoms. The first-order valence-corrected chi connectivity index (χ1v) is 4.67. The highest BCUT2D eigenvalue weighted by atomic mass is 79.9. The van der Waals surface area contributed by atoms with Gasteiger partial charge in [-0.25, -0.2) is 9.97 Å². The van der Waals surface area contributed by atoms with Gasteiger partial charge in [-0.2, -0.15) is 0 Å². The first-order valence-electron chi connectivity index (χ1n) is 2.58. The van der Waals surface area contributed by atoms with E-state index in [4.69, 9.17) is 34.8 Å². The van der Waals surface area contributed by atoms with Gasteiger partial charge in [0, 0.05) is 0 Å². The van der Waals surface area contributed by atoms with Crippen LogP contribution in [0.4, 0.5) is 0 Å². The summed E-state index contributed by atoms with van der Waals surface area (Å²) in [6, 6.07) is 0. The average Bonchev–Trinajstić information content (AvgIpc) is 1.99. The van der Waals surface area contributed by atoms with Gasteiger partial charge in [-0.3, -0.25) is 0 Å². The Balaban J connectivity index is 3.21. The van der Waals surface area contributed by atoms with Crippen LogP contribution >= 0.6 is 50.7 Å². The predicted octanol–water partition coefficient (Wildman–Crippen LogP) is 3.28. The van der Waals surface area contributed by atoms with Crippen LogP contribution in [0.2, 0.25) is 10.3 Å². The van der Waals surface area contributed by atoms with Crippen LogP contribution in [0.15, 0.2) is 4.47 Å². The summed E-state index contributed by atoms with van der Waals surface area (Å²) in [6.45, 7) is 0. The molecule has 2 nitrogen and oxygen atoms in total.